The quantitative estimate of drug-likeness (QED) is 0.589. The molecule has 0 aromatic rings. The topological polar surface area (TPSA) is 12.0 Å². The molecule has 22 heavy (non-hydrogen) atoms. The summed E-state index contributed by atoms with van der Waals surface area (Å²) in [5, 5.41) is 1.77. The van der Waals surface area contributed by atoms with Gasteiger partial charge in [0, 0.05) is 5.54 Å². The summed E-state index contributed by atoms with van der Waals surface area (Å²) in [5.74, 6) is 0.701. The zero-order chi connectivity index (χ0) is 14.4. The van der Waals surface area contributed by atoms with Crippen molar-refractivity contribution in [3.8, 4) is 0 Å². The third-order valence-electron chi connectivity index (χ3n) is 4.68. The van der Waals surface area contributed by atoms with E-state index in [0.29, 0.717) is 5.92 Å². The summed E-state index contributed by atoms with van der Waals surface area (Å²) >= 11 is 0. The van der Waals surface area contributed by atoms with Crippen LogP contribution in [0.2, 0.25) is 13.1 Å². The first-order valence-corrected chi connectivity index (χ1v) is 10.9. The molecule has 0 aliphatic heterocycles. The number of allylic oxidation sites excluding steroid dienone is 4. The molecule has 1 N–H and O–H groups in total. The van der Waals surface area contributed by atoms with Crippen LogP contribution < -0.4 is 29.8 Å². The third-order valence-corrected chi connectivity index (χ3v) is 8.21. The molecule has 0 spiro atoms. The molecule has 0 bridgehead atoms. The molecule has 1 unspecified atom stereocenters. The summed E-state index contributed by atoms with van der Waals surface area (Å²) < 4.78 is 0. The predicted molar refractivity (Wildman–Crippen MR) is 87.7 cm³/mol. The van der Waals surface area contributed by atoms with Gasteiger partial charge in [-0.15, -0.1) is 0 Å². The van der Waals surface area contributed by atoms with Crippen molar-refractivity contribution in [2.75, 3.05) is 0 Å². The zero-order valence-corrected chi connectivity index (χ0v) is 19.2. The number of halogens is 2. The van der Waals surface area contributed by atoms with Crippen LogP contribution in [0.3, 0.4) is 0 Å². The van der Waals surface area contributed by atoms with Crippen LogP contribution in [0.5, 0.6) is 0 Å². The monoisotopic (exact) mass is 395 g/mol. The minimum absolute atomic E-state index is 0. The van der Waals surface area contributed by atoms with E-state index < -0.39 is 8.24 Å². The Kier molecular flexibility index (Phi) is 10.2. The molecule has 0 amide bonds. The first kappa shape index (κ1) is 25.2. The summed E-state index contributed by atoms with van der Waals surface area (Å²) in [4.78, 5) is 3.96. The van der Waals surface area contributed by atoms with E-state index in [9.17, 15) is 0 Å². The maximum absolute atomic E-state index is 3.96. The van der Waals surface area contributed by atoms with Gasteiger partial charge in [0.25, 0.3) is 0 Å². The average molecular weight is 396 g/mol. The van der Waals surface area contributed by atoms with Crippen molar-refractivity contribution in [1.29, 1.82) is 0 Å². The molecule has 1 nitrogen and oxygen atoms in total. The molecule has 2 aliphatic rings. The van der Waals surface area contributed by atoms with Gasteiger partial charge in [-0.25, -0.2) is 0 Å². The maximum Gasteiger partial charge on any atom is 2.00 e. The Morgan fingerprint density at radius 1 is 1.05 bits per heavy atom. The Balaban J connectivity index is 0. The molecule has 1 atom stereocenters. The third kappa shape index (κ3) is 5.22. The van der Waals surface area contributed by atoms with Gasteiger partial charge in [-0.05, 0) is 64.9 Å². The SMILES string of the molecule is CC1=C([Si](C)(C)NC(C)(C)C)C(C)C2=C1CCCC2.[Cl-].[Cl-].[Ti+2]. The van der Waals surface area contributed by atoms with E-state index in [4.69, 9.17) is 0 Å². The smallest absolute Gasteiger partial charge is 1.00 e. The molecule has 0 fully saturated rings. The van der Waals surface area contributed by atoms with Crippen LogP contribution >= 0.6 is 0 Å². The van der Waals surface area contributed by atoms with E-state index in [-0.39, 0.29) is 52.1 Å². The van der Waals surface area contributed by atoms with E-state index in [1.165, 1.54) is 25.7 Å². The van der Waals surface area contributed by atoms with Crippen LogP contribution in [0.15, 0.2) is 21.9 Å². The zero-order valence-electron chi connectivity index (χ0n) is 15.2. The van der Waals surface area contributed by atoms with Crippen LogP contribution in [0.1, 0.15) is 60.3 Å². The standard InChI is InChI=1S/C17H31NSi.2ClH.Ti/c1-12-14-10-8-9-11-15(14)13(2)16(12)19(6,7)18-17(3,4)5;;;/h12,18H,8-11H2,1-7H3;2*1H;/q;;;+2/p-2. The minimum atomic E-state index is -1.53. The van der Waals surface area contributed by atoms with E-state index in [0.717, 1.165) is 0 Å². The summed E-state index contributed by atoms with van der Waals surface area (Å²) in [6, 6.07) is 0. The van der Waals surface area contributed by atoms with E-state index in [2.05, 4.69) is 52.7 Å². The molecule has 0 saturated heterocycles. The van der Waals surface area contributed by atoms with Gasteiger partial charge < -0.3 is 29.8 Å². The maximum atomic E-state index is 3.96. The normalized spacial score (nSPS) is 21.7. The van der Waals surface area contributed by atoms with Crippen LogP contribution in [0.4, 0.5) is 0 Å². The number of rotatable bonds is 2. The van der Waals surface area contributed by atoms with Crippen LogP contribution in [0.25, 0.3) is 0 Å². The summed E-state index contributed by atoms with van der Waals surface area (Å²) in [6.45, 7) is 16.7. The molecular weight excluding hydrogens is 365 g/mol. The second kappa shape index (κ2) is 8.87. The molecule has 0 radical (unpaired) electrons. The first-order chi connectivity index (χ1) is 8.63. The van der Waals surface area contributed by atoms with Gasteiger partial charge in [-0.2, -0.15) is 0 Å². The Morgan fingerprint density at radius 2 is 1.55 bits per heavy atom. The molecule has 5 heteroatoms. The molecule has 126 valence electrons. The fraction of sp³-hybridized carbons (Fsp3) is 0.765. The van der Waals surface area contributed by atoms with Gasteiger partial charge in [0.1, 0.15) is 8.24 Å². The second-order valence-electron chi connectivity index (χ2n) is 7.97. The number of nitrogens with one attached hydrogen (secondary N) is 1. The molecule has 2 aliphatic carbocycles. The minimum Gasteiger partial charge on any atom is -1.00 e. The predicted octanol–water partition coefficient (Wildman–Crippen LogP) is -1.04. The molecule has 0 aromatic carbocycles. The molecule has 2 rings (SSSR count). The second-order valence-corrected chi connectivity index (χ2v) is 12.0. The van der Waals surface area contributed by atoms with Crippen LogP contribution in [0, 0.1) is 5.92 Å². The first-order valence-electron chi connectivity index (χ1n) is 7.86. The Bertz CT molecular complexity index is 450. The summed E-state index contributed by atoms with van der Waals surface area (Å²) in [5.41, 5.74) is 5.36. The molecule has 0 aromatic heterocycles. The Hall–Kier alpha value is 0.951. The molecule has 0 heterocycles. The van der Waals surface area contributed by atoms with Crippen molar-refractivity contribution < 1.29 is 46.5 Å². The van der Waals surface area contributed by atoms with E-state index >= 15 is 0 Å². The van der Waals surface area contributed by atoms with Gasteiger partial charge in [-0.3, -0.25) is 0 Å². The van der Waals surface area contributed by atoms with Gasteiger partial charge in [0.2, 0.25) is 0 Å². The number of hydrogen-bond donors (Lipinski definition) is 1. The van der Waals surface area contributed by atoms with Crippen molar-refractivity contribution in [3.63, 3.8) is 0 Å². The average Bonchev–Trinajstić information content (AvgIpc) is 2.49. The molecular formula is C17H31Cl2NSiTi. The fourth-order valence-electron chi connectivity index (χ4n) is 4.51. The largest absolute Gasteiger partial charge is 2.00 e. The Morgan fingerprint density at radius 3 is 2.00 bits per heavy atom. The van der Waals surface area contributed by atoms with Crippen molar-refractivity contribution >= 4 is 8.24 Å². The summed E-state index contributed by atoms with van der Waals surface area (Å²) in [7, 11) is -1.53. The van der Waals surface area contributed by atoms with Crippen LogP contribution in [-0.2, 0) is 21.7 Å². The van der Waals surface area contributed by atoms with E-state index in [1.807, 2.05) is 0 Å². The van der Waals surface area contributed by atoms with Crippen molar-refractivity contribution in [2.24, 2.45) is 5.92 Å². The summed E-state index contributed by atoms with van der Waals surface area (Å²) in [6.07, 6.45) is 5.47. The van der Waals surface area contributed by atoms with Crippen molar-refractivity contribution in [1.82, 2.24) is 4.98 Å². The van der Waals surface area contributed by atoms with Crippen molar-refractivity contribution in [3.05, 3.63) is 21.9 Å². The Labute approximate surface area is 166 Å². The van der Waals surface area contributed by atoms with Gasteiger partial charge in [-0.1, -0.05) is 36.4 Å². The number of hydrogen-bond acceptors (Lipinski definition) is 1. The van der Waals surface area contributed by atoms with Gasteiger partial charge >= 0.3 is 21.7 Å². The van der Waals surface area contributed by atoms with Crippen molar-refractivity contribution in [2.45, 2.75) is 78.9 Å². The fourth-order valence-corrected chi connectivity index (χ4v) is 8.87. The van der Waals surface area contributed by atoms with E-state index in [1.54, 1.807) is 21.9 Å². The van der Waals surface area contributed by atoms with Gasteiger partial charge in [0.15, 0.2) is 0 Å². The van der Waals surface area contributed by atoms with Gasteiger partial charge in [0.05, 0.1) is 0 Å². The van der Waals surface area contributed by atoms with Crippen LogP contribution in [-0.4, -0.2) is 13.8 Å². The molecule has 0 saturated carbocycles.